The molecule has 1 aromatic heterocycles. The Morgan fingerprint density at radius 2 is 1.94 bits per heavy atom. The highest BCUT2D eigenvalue weighted by molar-refractivity contribution is 7.80. The molecule has 1 fully saturated rings. The van der Waals surface area contributed by atoms with Gasteiger partial charge in [-0.2, -0.15) is 0 Å². The van der Waals surface area contributed by atoms with Crippen molar-refractivity contribution in [3.8, 4) is 17.2 Å². The van der Waals surface area contributed by atoms with E-state index in [2.05, 4.69) is 10.3 Å². The molecule has 9 heteroatoms. The highest BCUT2D eigenvalue weighted by Gasteiger charge is 2.22. The number of benzene rings is 2. The Bertz CT molecular complexity index is 1260. The van der Waals surface area contributed by atoms with Crippen LogP contribution in [0.25, 0.3) is 10.9 Å². The first-order chi connectivity index (χ1) is 17.5. The van der Waals surface area contributed by atoms with Gasteiger partial charge in [-0.25, -0.2) is 0 Å². The van der Waals surface area contributed by atoms with Crippen molar-refractivity contribution in [2.75, 3.05) is 41.0 Å². The van der Waals surface area contributed by atoms with Gasteiger partial charge in [0.1, 0.15) is 5.75 Å². The molecule has 2 aromatic carbocycles. The predicted molar refractivity (Wildman–Crippen MR) is 144 cm³/mol. The summed E-state index contributed by atoms with van der Waals surface area (Å²) in [5, 5.41) is 4.90. The molecule has 0 saturated carbocycles. The molecule has 0 radical (unpaired) electrons. The minimum atomic E-state index is -0.138. The minimum absolute atomic E-state index is 0.0967. The lowest BCUT2D eigenvalue weighted by Gasteiger charge is -2.28. The van der Waals surface area contributed by atoms with E-state index in [1.54, 1.807) is 21.3 Å². The zero-order valence-corrected chi connectivity index (χ0v) is 21.8. The quantitative estimate of drug-likeness (QED) is 0.399. The van der Waals surface area contributed by atoms with Crippen LogP contribution in [0.4, 0.5) is 0 Å². The molecule has 1 unspecified atom stereocenters. The van der Waals surface area contributed by atoms with Crippen LogP contribution in [0.5, 0.6) is 17.2 Å². The van der Waals surface area contributed by atoms with Gasteiger partial charge in [0.25, 0.3) is 5.56 Å². The van der Waals surface area contributed by atoms with E-state index < -0.39 is 0 Å². The van der Waals surface area contributed by atoms with E-state index in [0.717, 1.165) is 42.3 Å². The largest absolute Gasteiger partial charge is 0.497 e. The summed E-state index contributed by atoms with van der Waals surface area (Å²) in [6.45, 7) is 2.42. The zero-order valence-electron chi connectivity index (χ0n) is 21.0. The highest BCUT2D eigenvalue weighted by atomic mass is 32.1. The average molecular weight is 512 g/mol. The lowest BCUT2D eigenvalue weighted by molar-refractivity contribution is 0.0897. The Kier molecular flexibility index (Phi) is 8.66. The van der Waals surface area contributed by atoms with Crippen LogP contribution in [0.2, 0.25) is 0 Å². The van der Waals surface area contributed by atoms with Crippen molar-refractivity contribution in [1.29, 1.82) is 0 Å². The summed E-state index contributed by atoms with van der Waals surface area (Å²) in [4.78, 5) is 17.9. The van der Waals surface area contributed by atoms with Crippen molar-refractivity contribution in [3.63, 3.8) is 0 Å². The van der Waals surface area contributed by atoms with Crippen LogP contribution in [0.15, 0.2) is 47.3 Å². The summed E-state index contributed by atoms with van der Waals surface area (Å²) in [6, 6.07) is 13.5. The maximum absolute atomic E-state index is 12.9. The number of rotatable bonds is 10. The molecule has 8 nitrogen and oxygen atoms in total. The maximum atomic E-state index is 12.9. The van der Waals surface area contributed by atoms with Crippen molar-refractivity contribution < 1.29 is 18.9 Å². The van der Waals surface area contributed by atoms with E-state index in [1.807, 2.05) is 47.4 Å². The Hall–Kier alpha value is -3.30. The molecule has 3 aromatic rings. The van der Waals surface area contributed by atoms with Crippen LogP contribution in [-0.4, -0.2) is 62.1 Å². The van der Waals surface area contributed by atoms with Gasteiger partial charge in [0.15, 0.2) is 16.6 Å². The zero-order chi connectivity index (χ0) is 25.5. The number of pyridine rings is 1. The summed E-state index contributed by atoms with van der Waals surface area (Å²) in [5.74, 6) is 2.10. The van der Waals surface area contributed by atoms with Gasteiger partial charge in [0, 0.05) is 31.3 Å². The predicted octanol–water partition coefficient (Wildman–Crippen LogP) is 3.65. The van der Waals surface area contributed by atoms with Gasteiger partial charge < -0.3 is 34.1 Å². The molecule has 2 N–H and O–H groups in total. The van der Waals surface area contributed by atoms with E-state index in [0.29, 0.717) is 47.6 Å². The highest BCUT2D eigenvalue weighted by Crippen LogP contribution is 2.27. The molecule has 1 aliphatic heterocycles. The lowest BCUT2D eigenvalue weighted by Crippen LogP contribution is -2.44. The van der Waals surface area contributed by atoms with Crippen LogP contribution in [0.1, 0.15) is 24.0 Å². The molecule has 192 valence electrons. The molecular weight excluding hydrogens is 478 g/mol. The Balaban J connectivity index is 1.46. The van der Waals surface area contributed by atoms with E-state index in [-0.39, 0.29) is 11.7 Å². The number of thiocarbonyl (C=S) groups is 1. The fourth-order valence-corrected chi connectivity index (χ4v) is 4.63. The maximum Gasteiger partial charge on any atom is 0.253 e. The van der Waals surface area contributed by atoms with Crippen molar-refractivity contribution >= 4 is 28.2 Å². The Morgan fingerprint density at radius 3 is 2.67 bits per heavy atom. The van der Waals surface area contributed by atoms with Crippen molar-refractivity contribution in [2.45, 2.75) is 31.9 Å². The second kappa shape index (κ2) is 12.1. The second-order valence-electron chi connectivity index (χ2n) is 8.76. The summed E-state index contributed by atoms with van der Waals surface area (Å²) in [5.41, 5.74) is 2.36. The number of aromatic amines is 1. The summed E-state index contributed by atoms with van der Waals surface area (Å²) >= 11 is 5.77. The van der Waals surface area contributed by atoms with Gasteiger partial charge in [-0.15, -0.1) is 0 Å². The molecule has 1 atom stereocenters. The Labute approximate surface area is 216 Å². The number of aromatic nitrogens is 1. The molecule has 2 heterocycles. The number of nitrogens with zero attached hydrogens (tertiary/aromatic N) is 1. The molecule has 0 aliphatic carbocycles. The van der Waals surface area contributed by atoms with Crippen LogP contribution in [0.3, 0.4) is 0 Å². The van der Waals surface area contributed by atoms with Crippen LogP contribution >= 0.6 is 12.2 Å². The van der Waals surface area contributed by atoms with Gasteiger partial charge in [-0.1, -0.05) is 6.07 Å². The van der Waals surface area contributed by atoms with Gasteiger partial charge in [0.05, 0.1) is 39.5 Å². The first-order valence-corrected chi connectivity index (χ1v) is 12.5. The van der Waals surface area contributed by atoms with Crippen LogP contribution < -0.4 is 25.1 Å². The van der Waals surface area contributed by atoms with E-state index in [9.17, 15) is 4.79 Å². The van der Waals surface area contributed by atoms with Crippen molar-refractivity contribution in [1.82, 2.24) is 15.2 Å². The fraction of sp³-hybridized carbons (Fsp3) is 0.407. The first kappa shape index (κ1) is 25.8. The standard InChI is InChI=1S/C27H33N3O5S/c1-32-21-8-7-19-14-20(26(31)29-23(19)15-21)16-30(17-22-5-4-12-35-22)27(36)28-11-10-18-6-9-24(33-2)25(13-18)34-3/h6-9,13-15,22H,4-5,10-12,16-17H2,1-3H3,(H,28,36)(H,29,31). The lowest BCUT2D eigenvalue weighted by atomic mass is 10.1. The molecule has 36 heavy (non-hydrogen) atoms. The first-order valence-electron chi connectivity index (χ1n) is 12.1. The number of fused-ring (bicyclic) bond motifs is 1. The number of ether oxygens (including phenoxy) is 4. The van der Waals surface area contributed by atoms with E-state index in [4.69, 9.17) is 31.2 Å². The average Bonchev–Trinajstić information content (AvgIpc) is 3.41. The second-order valence-corrected chi connectivity index (χ2v) is 9.15. The molecule has 4 rings (SSSR count). The molecule has 1 saturated heterocycles. The topological polar surface area (TPSA) is 85.1 Å². The third-order valence-electron chi connectivity index (χ3n) is 6.36. The number of hydrogen-bond donors (Lipinski definition) is 2. The fourth-order valence-electron chi connectivity index (χ4n) is 4.39. The van der Waals surface area contributed by atoms with Crippen LogP contribution in [0, 0.1) is 0 Å². The minimum Gasteiger partial charge on any atom is -0.497 e. The molecule has 0 bridgehead atoms. The Morgan fingerprint density at radius 1 is 1.11 bits per heavy atom. The summed E-state index contributed by atoms with van der Waals surface area (Å²) in [6.07, 6.45) is 2.88. The monoisotopic (exact) mass is 511 g/mol. The molecule has 1 aliphatic rings. The molecule has 0 amide bonds. The van der Waals surface area contributed by atoms with Gasteiger partial charge in [-0.05, 0) is 72.8 Å². The number of H-pyrrole nitrogens is 1. The van der Waals surface area contributed by atoms with Crippen LogP contribution in [-0.2, 0) is 17.7 Å². The molecular formula is C27H33N3O5S. The number of nitrogens with one attached hydrogen (secondary N) is 2. The van der Waals surface area contributed by atoms with E-state index >= 15 is 0 Å². The normalized spacial score (nSPS) is 15.0. The summed E-state index contributed by atoms with van der Waals surface area (Å²) in [7, 11) is 4.86. The molecule has 0 spiro atoms. The number of methoxy groups -OCH3 is 3. The smallest absolute Gasteiger partial charge is 0.253 e. The van der Waals surface area contributed by atoms with Gasteiger partial charge >= 0.3 is 0 Å². The third-order valence-corrected chi connectivity index (χ3v) is 6.77. The number of hydrogen-bond acceptors (Lipinski definition) is 6. The van der Waals surface area contributed by atoms with E-state index in [1.165, 1.54) is 0 Å². The van der Waals surface area contributed by atoms with Gasteiger partial charge in [-0.3, -0.25) is 4.79 Å². The van der Waals surface area contributed by atoms with Gasteiger partial charge in [0.2, 0.25) is 0 Å². The van der Waals surface area contributed by atoms with Crippen molar-refractivity contribution in [2.24, 2.45) is 0 Å². The van der Waals surface area contributed by atoms with Crippen molar-refractivity contribution in [3.05, 3.63) is 63.9 Å². The third kappa shape index (κ3) is 6.27. The SMILES string of the molecule is COc1ccc2cc(CN(CC3CCCO3)C(=S)NCCc3ccc(OC)c(OC)c3)c(=O)[nH]c2c1. The summed E-state index contributed by atoms with van der Waals surface area (Å²) < 4.78 is 21.9.